The fourth-order valence-corrected chi connectivity index (χ4v) is 2.68. The molecule has 0 saturated carbocycles. The van der Waals surface area contributed by atoms with Crippen molar-refractivity contribution in [3.8, 4) is 5.75 Å². The predicted octanol–water partition coefficient (Wildman–Crippen LogP) is 2.83. The number of hydrogen-bond donors (Lipinski definition) is 1. The maximum absolute atomic E-state index is 6.03. The van der Waals surface area contributed by atoms with E-state index in [4.69, 9.17) is 4.74 Å². The highest BCUT2D eigenvalue weighted by Crippen LogP contribution is 2.42. The molecule has 1 aromatic rings. The zero-order chi connectivity index (χ0) is 13.9. The highest BCUT2D eigenvalue weighted by Gasteiger charge is 2.40. The van der Waals surface area contributed by atoms with Gasteiger partial charge in [-0.3, -0.25) is 0 Å². The van der Waals surface area contributed by atoms with Gasteiger partial charge in [0.05, 0.1) is 6.04 Å². The summed E-state index contributed by atoms with van der Waals surface area (Å²) in [5, 5.41) is 3.66. The Morgan fingerprint density at radius 3 is 2.68 bits per heavy atom. The van der Waals surface area contributed by atoms with E-state index >= 15 is 0 Å². The molecule has 1 aliphatic heterocycles. The smallest absolute Gasteiger partial charge is 0.125 e. The molecular weight excluding hydrogens is 236 g/mol. The summed E-state index contributed by atoms with van der Waals surface area (Å²) in [6.45, 7) is 6.51. The van der Waals surface area contributed by atoms with Gasteiger partial charge in [0.15, 0.2) is 0 Å². The number of para-hydroxylation sites is 1. The van der Waals surface area contributed by atoms with Crippen LogP contribution in [-0.4, -0.2) is 37.7 Å². The van der Waals surface area contributed by atoms with Crippen LogP contribution in [0.4, 0.5) is 0 Å². The number of hydrogen-bond acceptors (Lipinski definition) is 3. The van der Waals surface area contributed by atoms with Crippen molar-refractivity contribution in [2.45, 2.75) is 38.3 Å². The third-order valence-electron chi connectivity index (χ3n) is 3.68. The van der Waals surface area contributed by atoms with Crippen molar-refractivity contribution in [3.63, 3.8) is 0 Å². The molecule has 3 heteroatoms. The monoisotopic (exact) mass is 262 g/mol. The molecule has 3 nitrogen and oxygen atoms in total. The molecule has 0 radical (unpaired) electrons. The number of ether oxygens (including phenoxy) is 1. The normalized spacial score (nSPS) is 20.4. The van der Waals surface area contributed by atoms with Gasteiger partial charge in [0.1, 0.15) is 11.4 Å². The lowest BCUT2D eigenvalue weighted by Gasteiger charge is -2.27. The summed E-state index contributed by atoms with van der Waals surface area (Å²) in [7, 11) is 4.25. The van der Waals surface area contributed by atoms with Gasteiger partial charge in [0.25, 0.3) is 0 Å². The fourth-order valence-electron chi connectivity index (χ4n) is 2.68. The summed E-state index contributed by atoms with van der Waals surface area (Å²) in [6, 6.07) is 8.65. The van der Waals surface area contributed by atoms with E-state index in [9.17, 15) is 0 Å². The molecule has 0 spiro atoms. The van der Waals surface area contributed by atoms with E-state index in [-0.39, 0.29) is 5.60 Å². The lowest BCUT2D eigenvalue weighted by atomic mass is 9.94. The van der Waals surface area contributed by atoms with Crippen LogP contribution < -0.4 is 10.1 Å². The molecule has 0 fully saturated rings. The Balaban J connectivity index is 1.88. The van der Waals surface area contributed by atoms with Gasteiger partial charge in [-0.05, 0) is 59.9 Å². The van der Waals surface area contributed by atoms with Crippen molar-refractivity contribution in [2.24, 2.45) is 0 Å². The molecule has 1 heterocycles. The highest BCUT2D eigenvalue weighted by atomic mass is 16.5. The van der Waals surface area contributed by atoms with Gasteiger partial charge in [-0.2, -0.15) is 0 Å². The zero-order valence-corrected chi connectivity index (χ0v) is 12.6. The van der Waals surface area contributed by atoms with Crippen LogP contribution in [0.2, 0.25) is 0 Å². The first-order chi connectivity index (χ1) is 9.00. The minimum Gasteiger partial charge on any atom is -0.486 e. The number of nitrogens with zero attached hydrogens (tertiary/aromatic N) is 1. The molecule has 0 bridgehead atoms. The molecule has 0 aliphatic carbocycles. The Morgan fingerprint density at radius 2 is 1.95 bits per heavy atom. The van der Waals surface area contributed by atoms with Crippen LogP contribution in [0.3, 0.4) is 0 Å². The Hall–Kier alpha value is -1.06. The number of unbranched alkanes of at least 4 members (excludes halogenated alkanes) is 1. The van der Waals surface area contributed by atoms with Crippen molar-refractivity contribution in [3.05, 3.63) is 29.8 Å². The van der Waals surface area contributed by atoms with Gasteiger partial charge < -0.3 is 15.0 Å². The van der Waals surface area contributed by atoms with E-state index in [0.29, 0.717) is 6.04 Å². The van der Waals surface area contributed by atoms with Crippen molar-refractivity contribution in [2.75, 3.05) is 27.2 Å². The highest BCUT2D eigenvalue weighted by molar-refractivity contribution is 5.42. The van der Waals surface area contributed by atoms with Crippen molar-refractivity contribution >= 4 is 0 Å². The average Bonchev–Trinajstić information content (AvgIpc) is 2.59. The van der Waals surface area contributed by atoms with Gasteiger partial charge in [0, 0.05) is 5.56 Å². The summed E-state index contributed by atoms with van der Waals surface area (Å²) in [5.74, 6) is 1.03. The molecule has 1 N–H and O–H groups in total. The maximum Gasteiger partial charge on any atom is 0.125 e. The molecule has 0 saturated heterocycles. The van der Waals surface area contributed by atoms with Crippen LogP contribution in [0, 0.1) is 0 Å². The molecular formula is C16H26N2O. The van der Waals surface area contributed by atoms with Crippen molar-refractivity contribution < 1.29 is 4.74 Å². The van der Waals surface area contributed by atoms with Crippen LogP contribution >= 0.6 is 0 Å². The van der Waals surface area contributed by atoms with E-state index in [0.717, 1.165) is 18.8 Å². The maximum atomic E-state index is 6.03. The van der Waals surface area contributed by atoms with E-state index in [1.54, 1.807) is 0 Å². The largest absolute Gasteiger partial charge is 0.486 e. The molecule has 1 aliphatic rings. The zero-order valence-electron chi connectivity index (χ0n) is 12.6. The summed E-state index contributed by atoms with van der Waals surface area (Å²) >= 11 is 0. The van der Waals surface area contributed by atoms with E-state index in [1.807, 2.05) is 6.07 Å². The van der Waals surface area contributed by atoms with Crippen molar-refractivity contribution in [1.29, 1.82) is 0 Å². The number of nitrogens with one attached hydrogen (secondary N) is 1. The molecule has 1 unspecified atom stereocenters. The topological polar surface area (TPSA) is 24.5 Å². The molecule has 0 aromatic heterocycles. The van der Waals surface area contributed by atoms with Crippen LogP contribution in [0.15, 0.2) is 24.3 Å². The Morgan fingerprint density at radius 1 is 1.21 bits per heavy atom. The van der Waals surface area contributed by atoms with Crippen LogP contribution in [0.5, 0.6) is 5.75 Å². The first-order valence-electron chi connectivity index (χ1n) is 7.17. The lowest BCUT2D eigenvalue weighted by Crippen LogP contribution is -2.39. The molecule has 106 valence electrons. The first kappa shape index (κ1) is 14.4. The fraction of sp³-hybridized carbons (Fsp3) is 0.625. The molecule has 19 heavy (non-hydrogen) atoms. The van der Waals surface area contributed by atoms with Crippen LogP contribution in [-0.2, 0) is 0 Å². The van der Waals surface area contributed by atoms with Gasteiger partial charge in [-0.25, -0.2) is 0 Å². The molecule has 0 amide bonds. The van der Waals surface area contributed by atoms with E-state index in [1.165, 1.54) is 18.4 Å². The Labute approximate surface area is 116 Å². The Bertz CT molecular complexity index is 415. The first-order valence-corrected chi connectivity index (χ1v) is 7.17. The van der Waals surface area contributed by atoms with Crippen LogP contribution in [0.25, 0.3) is 0 Å². The Kier molecular flexibility index (Phi) is 4.48. The summed E-state index contributed by atoms with van der Waals surface area (Å²) < 4.78 is 6.03. The third kappa shape index (κ3) is 3.48. The lowest BCUT2D eigenvalue weighted by molar-refractivity contribution is 0.0963. The number of benzene rings is 1. The second kappa shape index (κ2) is 5.93. The molecule has 1 aromatic carbocycles. The van der Waals surface area contributed by atoms with Gasteiger partial charge in [-0.1, -0.05) is 18.2 Å². The third-order valence-corrected chi connectivity index (χ3v) is 3.68. The molecule has 2 rings (SSSR count). The van der Waals surface area contributed by atoms with Gasteiger partial charge in [0.2, 0.25) is 0 Å². The minimum absolute atomic E-state index is 0.161. The van der Waals surface area contributed by atoms with Crippen LogP contribution in [0.1, 0.15) is 38.3 Å². The number of fused-ring (bicyclic) bond motifs is 1. The summed E-state index contributed by atoms with van der Waals surface area (Å²) in [6.07, 6.45) is 2.43. The van der Waals surface area contributed by atoms with E-state index < -0.39 is 0 Å². The quantitative estimate of drug-likeness (QED) is 0.798. The number of rotatable bonds is 6. The minimum atomic E-state index is -0.161. The molecule has 1 atom stereocenters. The standard InChI is InChI=1S/C16H26N2O/c1-16(2)15(17-11-7-8-12-18(3)4)13-9-5-6-10-14(13)19-16/h5-6,9-10,15,17H,7-8,11-12H2,1-4H3. The average molecular weight is 262 g/mol. The SMILES string of the molecule is CN(C)CCCCNC1c2ccccc2OC1(C)C. The predicted molar refractivity (Wildman–Crippen MR) is 79.7 cm³/mol. The summed E-state index contributed by atoms with van der Waals surface area (Å²) in [4.78, 5) is 2.23. The van der Waals surface area contributed by atoms with Crippen molar-refractivity contribution in [1.82, 2.24) is 10.2 Å². The second-order valence-corrected chi connectivity index (χ2v) is 6.14. The summed E-state index contributed by atoms with van der Waals surface area (Å²) in [5.41, 5.74) is 1.13. The van der Waals surface area contributed by atoms with Gasteiger partial charge in [-0.15, -0.1) is 0 Å². The van der Waals surface area contributed by atoms with E-state index in [2.05, 4.69) is 56.4 Å². The van der Waals surface area contributed by atoms with Gasteiger partial charge >= 0.3 is 0 Å². The second-order valence-electron chi connectivity index (χ2n) is 6.14.